The fraction of sp³-hybridized carbons (Fsp3) is 0.375. The van der Waals surface area contributed by atoms with Crippen molar-refractivity contribution in [2.45, 2.75) is 31.3 Å². The Kier molecular flexibility index (Phi) is 4.52. The van der Waals surface area contributed by atoms with Gasteiger partial charge in [0.15, 0.2) is 5.65 Å². The van der Waals surface area contributed by atoms with Gasteiger partial charge in [-0.15, -0.1) is 0 Å². The number of fused-ring (bicyclic) bond motifs is 5. The van der Waals surface area contributed by atoms with Gasteiger partial charge >= 0.3 is 0 Å². The highest BCUT2D eigenvalue weighted by molar-refractivity contribution is 6.38. The quantitative estimate of drug-likeness (QED) is 0.489. The summed E-state index contributed by atoms with van der Waals surface area (Å²) in [4.78, 5) is 22.2. The maximum atomic E-state index is 6.86. The number of hydrogen-bond donors (Lipinski definition) is 2. The fourth-order valence-corrected chi connectivity index (χ4v) is 5.58. The molecule has 2 bridgehead atoms. The average Bonchev–Trinajstić information content (AvgIpc) is 3.22. The molecule has 1 saturated carbocycles. The zero-order chi connectivity index (χ0) is 22.0. The molecule has 1 unspecified atom stereocenters. The Morgan fingerprint density at radius 2 is 1.94 bits per heavy atom. The van der Waals surface area contributed by atoms with Crippen molar-refractivity contribution in [1.29, 1.82) is 0 Å². The molecule has 3 atom stereocenters. The Morgan fingerprint density at radius 1 is 1.09 bits per heavy atom. The van der Waals surface area contributed by atoms with Crippen LogP contribution in [-0.4, -0.2) is 52.7 Å². The predicted molar refractivity (Wildman–Crippen MR) is 130 cm³/mol. The van der Waals surface area contributed by atoms with Crippen LogP contribution in [0.5, 0.6) is 0 Å². The number of piperidine rings is 2. The van der Waals surface area contributed by atoms with E-state index in [9.17, 15) is 0 Å². The van der Waals surface area contributed by atoms with Gasteiger partial charge in [0.25, 0.3) is 0 Å². The monoisotopic (exact) mass is 447 g/mol. The van der Waals surface area contributed by atoms with Gasteiger partial charge in [0.1, 0.15) is 17.2 Å². The molecule has 32 heavy (non-hydrogen) atoms. The number of hydrogen-bond acceptors (Lipinski definition) is 6. The first-order valence-corrected chi connectivity index (χ1v) is 11.5. The van der Waals surface area contributed by atoms with Crippen molar-refractivity contribution in [2.24, 2.45) is 11.7 Å². The fourth-order valence-electron chi connectivity index (χ4n) is 5.27. The third-order valence-electron chi connectivity index (χ3n) is 7.09. The molecule has 7 nitrogen and oxygen atoms in total. The van der Waals surface area contributed by atoms with Crippen LogP contribution in [0.15, 0.2) is 36.7 Å². The number of H-pyrrole nitrogens is 1. The molecule has 164 valence electrons. The van der Waals surface area contributed by atoms with E-state index in [4.69, 9.17) is 32.3 Å². The van der Waals surface area contributed by atoms with Gasteiger partial charge in [0.2, 0.25) is 0 Å². The number of benzene rings is 1. The minimum Gasteiger partial charge on any atom is -0.363 e. The van der Waals surface area contributed by atoms with Crippen LogP contribution in [0.2, 0.25) is 5.02 Å². The highest BCUT2D eigenvalue weighted by Crippen LogP contribution is 2.39. The van der Waals surface area contributed by atoms with Crippen molar-refractivity contribution < 1.29 is 0 Å². The molecule has 3 aromatic heterocycles. The summed E-state index contributed by atoms with van der Waals surface area (Å²) < 4.78 is 0. The number of aromatic nitrogens is 4. The molecule has 0 spiro atoms. The second-order valence-electron chi connectivity index (χ2n) is 9.23. The summed E-state index contributed by atoms with van der Waals surface area (Å²) in [6, 6.07) is 8.91. The van der Waals surface area contributed by atoms with Crippen LogP contribution in [-0.2, 0) is 0 Å². The molecule has 0 amide bonds. The van der Waals surface area contributed by atoms with E-state index in [2.05, 4.69) is 16.0 Å². The number of pyridine rings is 1. The Hall–Kier alpha value is -2.90. The molecule has 4 aromatic rings. The standard InChI is InChI=1S/C24H26ClN7/c1-31(2)19-8-5-13-4-7-16(21(25)22(13)29-19)17-10-28-24-23(17)27-11-20(30-24)32-12-14-3-6-15(32)9-18(14)26/h4-5,7-8,10-11,14-15,18H,3,6,9,12,26H2,1-2H3,(H,28,30)/t14?,15-,18-/m0/s1. The molecular formula is C24H26ClN7. The number of rotatable bonds is 3. The first kappa shape index (κ1) is 19.8. The van der Waals surface area contributed by atoms with Crippen LogP contribution in [0.3, 0.4) is 0 Å². The molecule has 7 rings (SSSR count). The number of aromatic amines is 1. The molecule has 5 heterocycles. The van der Waals surface area contributed by atoms with Crippen LogP contribution in [0.4, 0.5) is 11.6 Å². The topological polar surface area (TPSA) is 87.0 Å². The molecule has 8 heteroatoms. The molecule has 1 aromatic carbocycles. The van der Waals surface area contributed by atoms with Gasteiger partial charge in [-0.05, 0) is 37.3 Å². The number of halogens is 1. The maximum absolute atomic E-state index is 6.86. The smallest absolute Gasteiger partial charge is 0.159 e. The molecule has 1 aliphatic carbocycles. The van der Waals surface area contributed by atoms with Gasteiger partial charge < -0.3 is 20.5 Å². The van der Waals surface area contributed by atoms with E-state index < -0.39 is 0 Å². The van der Waals surface area contributed by atoms with Crippen LogP contribution in [0.1, 0.15) is 19.3 Å². The molecular weight excluding hydrogens is 422 g/mol. The molecule has 3 aliphatic rings. The predicted octanol–water partition coefficient (Wildman–Crippen LogP) is 4.21. The summed E-state index contributed by atoms with van der Waals surface area (Å²) in [5.41, 5.74) is 10.5. The summed E-state index contributed by atoms with van der Waals surface area (Å²) in [5.74, 6) is 2.34. The van der Waals surface area contributed by atoms with Gasteiger partial charge in [-0.25, -0.2) is 15.0 Å². The third-order valence-corrected chi connectivity index (χ3v) is 7.47. The highest BCUT2D eigenvalue weighted by Gasteiger charge is 2.39. The normalized spacial score (nSPS) is 22.8. The minimum absolute atomic E-state index is 0.315. The SMILES string of the molecule is CN(C)c1ccc2ccc(-c3c[nH]c4nc(N5CC6CC[C@H]5C[C@@H]6N)cnc34)c(Cl)c2n1. The van der Waals surface area contributed by atoms with E-state index in [1.807, 2.05) is 49.6 Å². The molecule has 2 saturated heterocycles. The second-order valence-corrected chi connectivity index (χ2v) is 9.61. The maximum Gasteiger partial charge on any atom is 0.159 e. The van der Waals surface area contributed by atoms with E-state index >= 15 is 0 Å². The molecule has 2 aliphatic heterocycles. The first-order chi connectivity index (χ1) is 15.5. The van der Waals surface area contributed by atoms with Gasteiger partial charge in [0, 0.05) is 55.4 Å². The van der Waals surface area contributed by atoms with Crippen LogP contribution < -0.4 is 15.5 Å². The average molecular weight is 448 g/mol. The van der Waals surface area contributed by atoms with Crippen molar-refractivity contribution in [3.05, 3.63) is 41.7 Å². The van der Waals surface area contributed by atoms with Gasteiger partial charge in [-0.3, -0.25) is 0 Å². The van der Waals surface area contributed by atoms with Crippen molar-refractivity contribution >= 4 is 45.3 Å². The van der Waals surface area contributed by atoms with E-state index in [1.165, 1.54) is 12.8 Å². The summed E-state index contributed by atoms with van der Waals surface area (Å²) in [5, 5.41) is 1.64. The van der Waals surface area contributed by atoms with E-state index in [1.54, 1.807) is 0 Å². The Balaban J connectivity index is 1.40. The van der Waals surface area contributed by atoms with Crippen LogP contribution in [0, 0.1) is 5.92 Å². The number of nitrogens with zero attached hydrogens (tertiary/aromatic N) is 5. The summed E-state index contributed by atoms with van der Waals surface area (Å²) in [6.07, 6.45) is 7.27. The lowest BCUT2D eigenvalue weighted by Gasteiger charge is -2.48. The lowest BCUT2D eigenvalue weighted by Crippen LogP contribution is -2.57. The number of nitrogens with one attached hydrogen (secondary N) is 1. The third kappa shape index (κ3) is 3.03. The van der Waals surface area contributed by atoms with Crippen molar-refractivity contribution in [2.75, 3.05) is 30.4 Å². The van der Waals surface area contributed by atoms with Gasteiger partial charge in [0.05, 0.1) is 16.7 Å². The number of nitrogens with two attached hydrogens (primary N) is 1. The summed E-state index contributed by atoms with van der Waals surface area (Å²) >= 11 is 6.86. The molecule has 3 fully saturated rings. The minimum atomic E-state index is 0.315. The van der Waals surface area contributed by atoms with Crippen molar-refractivity contribution in [3.63, 3.8) is 0 Å². The van der Waals surface area contributed by atoms with Crippen molar-refractivity contribution in [3.8, 4) is 11.1 Å². The van der Waals surface area contributed by atoms with Gasteiger partial charge in [-0.2, -0.15) is 0 Å². The van der Waals surface area contributed by atoms with E-state index in [-0.39, 0.29) is 0 Å². The summed E-state index contributed by atoms with van der Waals surface area (Å²) in [6.45, 7) is 0.968. The molecule has 0 radical (unpaired) electrons. The Morgan fingerprint density at radius 3 is 2.69 bits per heavy atom. The summed E-state index contributed by atoms with van der Waals surface area (Å²) in [7, 11) is 3.95. The zero-order valence-corrected chi connectivity index (χ0v) is 19.0. The van der Waals surface area contributed by atoms with Crippen LogP contribution in [0.25, 0.3) is 33.2 Å². The Labute approximate surface area is 191 Å². The molecule has 3 N–H and O–H groups in total. The number of anilines is 2. The lowest BCUT2D eigenvalue weighted by atomic mass is 9.76. The van der Waals surface area contributed by atoms with Crippen molar-refractivity contribution in [1.82, 2.24) is 19.9 Å². The van der Waals surface area contributed by atoms with E-state index in [0.29, 0.717) is 23.0 Å². The van der Waals surface area contributed by atoms with Crippen LogP contribution >= 0.6 is 11.6 Å². The largest absolute Gasteiger partial charge is 0.363 e. The highest BCUT2D eigenvalue weighted by atomic mass is 35.5. The van der Waals surface area contributed by atoms with Gasteiger partial charge in [-0.1, -0.05) is 23.7 Å². The van der Waals surface area contributed by atoms with E-state index in [0.717, 1.165) is 57.8 Å². The Bertz CT molecular complexity index is 1330. The lowest BCUT2D eigenvalue weighted by molar-refractivity contribution is 0.215. The first-order valence-electron chi connectivity index (χ1n) is 11.1. The second kappa shape index (κ2) is 7.32. The zero-order valence-electron chi connectivity index (χ0n) is 18.2.